The van der Waals surface area contributed by atoms with Crippen LogP contribution in [0.4, 0.5) is 0 Å². The van der Waals surface area contributed by atoms with Crippen molar-refractivity contribution < 1.29 is 14.6 Å². The molecule has 3 aromatic rings. The molecule has 0 fully saturated rings. The summed E-state index contributed by atoms with van der Waals surface area (Å²) in [6.07, 6.45) is 1.61. The van der Waals surface area contributed by atoms with Crippen LogP contribution >= 0.6 is 11.3 Å². The molecule has 132 valence electrons. The Kier molecular flexibility index (Phi) is 5.60. The van der Waals surface area contributed by atoms with Crippen LogP contribution in [0, 0.1) is 0 Å². The summed E-state index contributed by atoms with van der Waals surface area (Å²) in [7, 11) is 1.48. The molecule has 26 heavy (non-hydrogen) atoms. The number of phenolic OH excluding ortho intramolecular Hbond substituents is 1. The molecular formula is C19H17N3O3S. The summed E-state index contributed by atoms with van der Waals surface area (Å²) in [5.41, 5.74) is 4.98. The Morgan fingerprint density at radius 2 is 2.12 bits per heavy atom. The Balaban J connectivity index is 1.56. The Labute approximate surface area is 154 Å². The Morgan fingerprint density at radius 1 is 1.31 bits per heavy atom. The molecule has 3 rings (SSSR count). The molecule has 0 saturated carbocycles. The van der Waals surface area contributed by atoms with Crippen molar-refractivity contribution in [3.05, 3.63) is 64.5 Å². The summed E-state index contributed by atoms with van der Waals surface area (Å²) in [6.45, 7) is 0. The normalized spacial score (nSPS) is 10.8. The number of benzene rings is 2. The lowest BCUT2D eigenvalue weighted by Gasteiger charge is -2.03. The minimum absolute atomic E-state index is 0.0130. The molecule has 2 N–H and O–H groups in total. The minimum Gasteiger partial charge on any atom is -0.504 e. The molecule has 0 atom stereocenters. The fourth-order valence-electron chi connectivity index (χ4n) is 2.28. The van der Waals surface area contributed by atoms with Crippen molar-refractivity contribution >= 4 is 23.5 Å². The summed E-state index contributed by atoms with van der Waals surface area (Å²) in [5, 5.41) is 16.3. The number of carbonyl (C=O) groups excluding carboxylic acids is 1. The standard InChI is InChI=1S/C19H17N3O3S/c1-25-17-8-7-13(9-16(17)23)11-20-22-18(24)10-19-21-15(12-26-19)14-5-3-2-4-6-14/h2-9,11-12,23H,10H2,1H3,(H,22,24)/b20-11-. The third-order valence-electron chi connectivity index (χ3n) is 3.54. The van der Waals surface area contributed by atoms with Crippen molar-refractivity contribution in [2.24, 2.45) is 5.10 Å². The van der Waals surface area contributed by atoms with Crippen LogP contribution in [0.15, 0.2) is 59.0 Å². The topological polar surface area (TPSA) is 83.8 Å². The predicted molar refractivity (Wildman–Crippen MR) is 102 cm³/mol. The maximum absolute atomic E-state index is 12.0. The van der Waals surface area contributed by atoms with E-state index >= 15 is 0 Å². The molecule has 1 heterocycles. The monoisotopic (exact) mass is 367 g/mol. The second-order valence-corrected chi connectivity index (χ2v) is 6.34. The zero-order valence-corrected chi connectivity index (χ0v) is 14.9. The lowest BCUT2D eigenvalue weighted by molar-refractivity contribution is -0.120. The van der Waals surface area contributed by atoms with E-state index in [1.54, 1.807) is 12.1 Å². The van der Waals surface area contributed by atoms with Crippen LogP contribution in [0.5, 0.6) is 11.5 Å². The van der Waals surface area contributed by atoms with Gasteiger partial charge in [0.25, 0.3) is 0 Å². The number of amides is 1. The molecule has 0 bridgehead atoms. The zero-order valence-electron chi connectivity index (χ0n) is 14.0. The molecule has 0 aliphatic carbocycles. The van der Waals surface area contributed by atoms with Gasteiger partial charge in [-0.25, -0.2) is 10.4 Å². The molecule has 0 spiro atoms. The van der Waals surface area contributed by atoms with Crippen molar-refractivity contribution in [1.82, 2.24) is 10.4 Å². The van der Waals surface area contributed by atoms with Crippen molar-refractivity contribution in [2.75, 3.05) is 7.11 Å². The number of methoxy groups -OCH3 is 1. The van der Waals surface area contributed by atoms with E-state index in [9.17, 15) is 9.90 Å². The number of rotatable bonds is 6. The molecule has 1 aromatic heterocycles. The van der Waals surface area contributed by atoms with Gasteiger partial charge in [-0.2, -0.15) is 5.10 Å². The second-order valence-electron chi connectivity index (χ2n) is 5.39. The molecule has 0 unspecified atom stereocenters. The molecule has 7 heteroatoms. The van der Waals surface area contributed by atoms with Crippen molar-refractivity contribution in [3.63, 3.8) is 0 Å². The van der Waals surface area contributed by atoms with E-state index in [2.05, 4.69) is 15.5 Å². The maximum Gasteiger partial charge on any atom is 0.246 e. The van der Waals surface area contributed by atoms with Crippen LogP contribution in [-0.2, 0) is 11.2 Å². The summed E-state index contributed by atoms with van der Waals surface area (Å²) in [4.78, 5) is 16.5. The van der Waals surface area contributed by atoms with Gasteiger partial charge in [-0.05, 0) is 23.8 Å². The van der Waals surface area contributed by atoms with Crippen LogP contribution in [-0.4, -0.2) is 29.3 Å². The first-order valence-electron chi connectivity index (χ1n) is 7.84. The van der Waals surface area contributed by atoms with Crippen molar-refractivity contribution in [1.29, 1.82) is 0 Å². The number of aromatic hydroxyl groups is 1. The van der Waals surface area contributed by atoms with E-state index in [4.69, 9.17) is 4.74 Å². The van der Waals surface area contributed by atoms with Gasteiger partial charge < -0.3 is 9.84 Å². The fourth-order valence-corrected chi connectivity index (χ4v) is 3.08. The molecule has 6 nitrogen and oxygen atoms in total. The lowest BCUT2D eigenvalue weighted by atomic mass is 10.2. The first-order valence-corrected chi connectivity index (χ1v) is 8.72. The molecule has 0 saturated heterocycles. The molecule has 0 aliphatic heterocycles. The van der Waals surface area contributed by atoms with E-state index in [0.717, 1.165) is 16.3 Å². The van der Waals surface area contributed by atoms with Gasteiger partial charge in [0.05, 0.1) is 25.4 Å². The van der Waals surface area contributed by atoms with Crippen LogP contribution in [0.25, 0.3) is 11.3 Å². The largest absolute Gasteiger partial charge is 0.504 e. The van der Waals surface area contributed by atoms with Gasteiger partial charge in [-0.1, -0.05) is 30.3 Å². The number of aromatic nitrogens is 1. The fraction of sp³-hybridized carbons (Fsp3) is 0.105. The average Bonchev–Trinajstić information content (AvgIpc) is 3.11. The molecule has 2 aromatic carbocycles. The summed E-state index contributed by atoms with van der Waals surface area (Å²) < 4.78 is 4.97. The third kappa shape index (κ3) is 4.46. The van der Waals surface area contributed by atoms with Gasteiger partial charge in [0, 0.05) is 10.9 Å². The number of hydrogen-bond acceptors (Lipinski definition) is 6. The molecule has 1 amide bonds. The van der Waals surface area contributed by atoms with Crippen LogP contribution < -0.4 is 10.2 Å². The second kappa shape index (κ2) is 8.26. The highest BCUT2D eigenvalue weighted by Gasteiger charge is 2.08. The number of thiazole rings is 1. The number of hydrazone groups is 1. The smallest absolute Gasteiger partial charge is 0.246 e. The third-order valence-corrected chi connectivity index (χ3v) is 4.39. The van der Waals surface area contributed by atoms with E-state index < -0.39 is 0 Å². The van der Waals surface area contributed by atoms with Gasteiger partial charge >= 0.3 is 0 Å². The van der Waals surface area contributed by atoms with E-state index in [1.807, 2.05) is 35.7 Å². The van der Waals surface area contributed by atoms with Gasteiger partial charge in [0.2, 0.25) is 5.91 Å². The first kappa shape index (κ1) is 17.6. The van der Waals surface area contributed by atoms with E-state index in [-0.39, 0.29) is 18.1 Å². The van der Waals surface area contributed by atoms with Gasteiger partial charge in [-0.15, -0.1) is 11.3 Å². The number of phenols is 1. The molecule has 0 radical (unpaired) electrons. The summed E-state index contributed by atoms with van der Waals surface area (Å²) in [5.74, 6) is 0.135. The number of nitrogens with one attached hydrogen (secondary N) is 1. The van der Waals surface area contributed by atoms with Gasteiger partial charge in [-0.3, -0.25) is 4.79 Å². The van der Waals surface area contributed by atoms with Crippen molar-refractivity contribution in [2.45, 2.75) is 6.42 Å². The lowest BCUT2D eigenvalue weighted by Crippen LogP contribution is -2.19. The summed E-state index contributed by atoms with van der Waals surface area (Å²) >= 11 is 1.44. The van der Waals surface area contributed by atoms with Gasteiger partial charge in [0.15, 0.2) is 11.5 Å². The Hall–Kier alpha value is -3.19. The first-order chi connectivity index (χ1) is 12.7. The van der Waals surface area contributed by atoms with Crippen LogP contribution in [0.2, 0.25) is 0 Å². The van der Waals surface area contributed by atoms with E-state index in [1.165, 1.54) is 30.7 Å². The number of ether oxygens (including phenoxy) is 1. The van der Waals surface area contributed by atoms with Gasteiger partial charge in [0.1, 0.15) is 5.01 Å². The highest BCUT2D eigenvalue weighted by atomic mass is 32.1. The Morgan fingerprint density at radius 3 is 2.85 bits per heavy atom. The maximum atomic E-state index is 12.0. The highest BCUT2D eigenvalue weighted by molar-refractivity contribution is 7.10. The quantitative estimate of drug-likeness (QED) is 0.518. The Bertz CT molecular complexity index is 923. The number of nitrogens with zero attached hydrogens (tertiary/aromatic N) is 2. The minimum atomic E-state index is -0.257. The number of carbonyl (C=O) groups is 1. The van der Waals surface area contributed by atoms with Crippen LogP contribution in [0.1, 0.15) is 10.6 Å². The molecule has 0 aliphatic rings. The predicted octanol–water partition coefficient (Wildman–Crippen LogP) is 3.22. The summed E-state index contributed by atoms with van der Waals surface area (Å²) in [6, 6.07) is 14.7. The molecular weight excluding hydrogens is 350 g/mol. The highest BCUT2D eigenvalue weighted by Crippen LogP contribution is 2.25. The van der Waals surface area contributed by atoms with Crippen LogP contribution in [0.3, 0.4) is 0 Å². The zero-order chi connectivity index (χ0) is 18.4. The average molecular weight is 367 g/mol. The number of hydrogen-bond donors (Lipinski definition) is 2. The van der Waals surface area contributed by atoms with E-state index in [0.29, 0.717) is 11.3 Å². The SMILES string of the molecule is COc1ccc(/C=N\NC(=O)Cc2nc(-c3ccccc3)cs2)cc1O. The van der Waals surface area contributed by atoms with Crippen molar-refractivity contribution in [3.8, 4) is 22.8 Å².